The number of thiophene rings is 1. The summed E-state index contributed by atoms with van der Waals surface area (Å²) in [6, 6.07) is 15.2. The molecule has 0 saturated carbocycles. The number of para-hydroxylation sites is 1. The second-order valence-corrected chi connectivity index (χ2v) is 7.83. The lowest BCUT2D eigenvalue weighted by Crippen LogP contribution is -2.30. The first kappa shape index (κ1) is 22.3. The Morgan fingerprint density at radius 2 is 1.77 bits per heavy atom. The summed E-state index contributed by atoms with van der Waals surface area (Å²) in [5.41, 5.74) is 6.53. The van der Waals surface area contributed by atoms with E-state index in [-0.39, 0.29) is 17.7 Å². The predicted octanol–water partition coefficient (Wildman–Crippen LogP) is 4.26. The van der Waals surface area contributed by atoms with Gasteiger partial charge in [-0.2, -0.15) is 0 Å². The van der Waals surface area contributed by atoms with E-state index in [1.807, 2.05) is 12.1 Å². The lowest BCUT2D eigenvalue weighted by molar-refractivity contribution is -0.123. The maximum absolute atomic E-state index is 12.6. The molecule has 1 aromatic heterocycles. The summed E-state index contributed by atoms with van der Waals surface area (Å²) in [4.78, 5) is 36.4. The van der Waals surface area contributed by atoms with Crippen molar-refractivity contribution in [3.05, 3.63) is 81.7 Å². The van der Waals surface area contributed by atoms with Crippen LogP contribution in [0.25, 0.3) is 0 Å². The second kappa shape index (κ2) is 10.1. The summed E-state index contributed by atoms with van der Waals surface area (Å²) in [5.74, 6) is -1.63. The van der Waals surface area contributed by atoms with Gasteiger partial charge in [0.2, 0.25) is 0 Å². The third-order valence-electron chi connectivity index (χ3n) is 4.24. The van der Waals surface area contributed by atoms with Gasteiger partial charge in [0.15, 0.2) is 6.10 Å². The molecule has 0 aliphatic carbocycles. The fraction of sp³-hybridized carbons (Fsp3) is 0.136. The van der Waals surface area contributed by atoms with E-state index in [1.54, 1.807) is 41.8 Å². The number of nitrogens with one attached hydrogen (secondary N) is 1. The van der Waals surface area contributed by atoms with Crippen molar-refractivity contribution in [1.82, 2.24) is 0 Å². The molecule has 0 saturated heterocycles. The summed E-state index contributed by atoms with van der Waals surface area (Å²) in [7, 11) is 0. The Morgan fingerprint density at radius 1 is 1.06 bits per heavy atom. The zero-order valence-corrected chi connectivity index (χ0v) is 18.0. The minimum absolute atomic E-state index is 0.185. The highest BCUT2D eigenvalue weighted by Crippen LogP contribution is 2.24. The molecule has 2 aromatic carbocycles. The van der Waals surface area contributed by atoms with Gasteiger partial charge in [-0.25, -0.2) is 4.79 Å². The summed E-state index contributed by atoms with van der Waals surface area (Å²) in [6.07, 6.45) is -1.11. The van der Waals surface area contributed by atoms with Crippen molar-refractivity contribution in [2.24, 2.45) is 5.73 Å². The summed E-state index contributed by atoms with van der Waals surface area (Å²) < 4.78 is 11.1. The monoisotopic (exact) mass is 458 g/mol. The number of nitrogens with two attached hydrogens (primary N) is 1. The molecule has 0 fully saturated rings. The highest BCUT2D eigenvalue weighted by molar-refractivity contribution is 7.14. The minimum Gasteiger partial charge on any atom is -0.488 e. The van der Waals surface area contributed by atoms with E-state index in [2.05, 4.69) is 5.32 Å². The first-order valence-electron chi connectivity index (χ1n) is 9.20. The van der Waals surface area contributed by atoms with Crippen LogP contribution in [-0.4, -0.2) is 23.9 Å². The summed E-state index contributed by atoms with van der Waals surface area (Å²) in [6.45, 7) is 1.66. The van der Waals surface area contributed by atoms with Crippen molar-refractivity contribution in [2.45, 2.75) is 19.6 Å². The van der Waals surface area contributed by atoms with Gasteiger partial charge < -0.3 is 20.5 Å². The molecule has 0 bridgehead atoms. The number of primary amides is 1. The molecule has 7 nitrogen and oxygen atoms in total. The molecule has 31 heavy (non-hydrogen) atoms. The fourth-order valence-electron chi connectivity index (χ4n) is 2.59. The Morgan fingerprint density at radius 3 is 2.48 bits per heavy atom. The van der Waals surface area contributed by atoms with E-state index < -0.39 is 23.9 Å². The molecule has 0 aliphatic heterocycles. The molecule has 0 spiro atoms. The third-order valence-corrected chi connectivity index (χ3v) is 5.32. The number of esters is 1. The van der Waals surface area contributed by atoms with Gasteiger partial charge in [0.1, 0.15) is 22.9 Å². The molecule has 9 heteroatoms. The lowest BCUT2D eigenvalue weighted by atomic mass is 10.2. The quantitative estimate of drug-likeness (QED) is 0.490. The molecule has 1 atom stereocenters. The Hall–Kier alpha value is -3.36. The van der Waals surface area contributed by atoms with Crippen molar-refractivity contribution in [3.63, 3.8) is 0 Å². The predicted molar refractivity (Wildman–Crippen MR) is 119 cm³/mol. The number of benzene rings is 2. The molecular formula is C22H19ClN2O5S. The SMILES string of the molecule is C[C@@H](OC(=O)c1ccccc1OCc1ccc(Cl)cc1)C(=O)Nc1sccc1C(N)=O. The van der Waals surface area contributed by atoms with Crippen molar-refractivity contribution in [2.75, 3.05) is 5.32 Å². The summed E-state index contributed by atoms with van der Waals surface area (Å²) in [5, 5.41) is 5.09. The molecule has 1 heterocycles. The minimum atomic E-state index is -1.11. The average molecular weight is 459 g/mol. The molecule has 0 radical (unpaired) electrons. The van der Waals surface area contributed by atoms with E-state index in [0.29, 0.717) is 15.8 Å². The van der Waals surface area contributed by atoms with Gasteiger partial charge in [-0.1, -0.05) is 35.9 Å². The molecule has 160 valence electrons. The zero-order chi connectivity index (χ0) is 22.4. The normalized spacial score (nSPS) is 11.4. The van der Waals surface area contributed by atoms with Gasteiger partial charge in [0.05, 0.1) is 5.56 Å². The molecule has 3 rings (SSSR count). The number of anilines is 1. The number of rotatable bonds is 8. The number of halogens is 1. The van der Waals surface area contributed by atoms with Crippen LogP contribution in [0, 0.1) is 0 Å². The van der Waals surface area contributed by atoms with Gasteiger partial charge in [-0.05, 0) is 48.2 Å². The van der Waals surface area contributed by atoms with Crippen LogP contribution < -0.4 is 15.8 Å². The van der Waals surface area contributed by atoms with Crippen LogP contribution in [0.3, 0.4) is 0 Å². The van der Waals surface area contributed by atoms with Crippen LogP contribution in [0.1, 0.15) is 33.2 Å². The summed E-state index contributed by atoms with van der Waals surface area (Å²) >= 11 is 7.03. The zero-order valence-electron chi connectivity index (χ0n) is 16.5. The highest BCUT2D eigenvalue weighted by Gasteiger charge is 2.23. The van der Waals surface area contributed by atoms with E-state index in [1.165, 1.54) is 13.0 Å². The molecule has 3 aromatic rings. The van der Waals surface area contributed by atoms with Gasteiger partial charge in [0.25, 0.3) is 11.8 Å². The van der Waals surface area contributed by atoms with E-state index in [9.17, 15) is 14.4 Å². The smallest absolute Gasteiger partial charge is 0.342 e. The highest BCUT2D eigenvalue weighted by atomic mass is 35.5. The number of hydrogen-bond acceptors (Lipinski definition) is 6. The number of hydrogen-bond donors (Lipinski definition) is 2. The number of carbonyl (C=O) groups is 3. The Balaban J connectivity index is 1.64. The second-order valence-electron chi connectivity index (χ2n) is 6.48. The van der Waals surface area contributed by atoms with Crippen molar-refractivity contribution in [3.8, 4) is 5.75 Å². The topological polar surface area (TPSA) is 108 Å². The fourth-order valence-corrected chi connectivity index (χ4v) is 3.52. The van der Waals surface area contributed by atoms with Gasteiger partial charge >= 0.3 is 5.97 Å². The van der Waals surface area contributed by atoms with E-state index >= 15 is 0 Å². The first-order valence-corrected chi connectivity index (χ1v) is 10.5. The van der Waals surface area contributed by atoms with Crippen LogP contribution in [0.4, 0.5) is 5.00 Å². The molecular weight excluding hydrogens is 440 g/mol. The van der Waals surface area contributed by atoms with Crippen LogP contribution in [0.5, 0.6) is 5.75 Å². The van der Waals surface area contributed by atoms with Gasteiger partial charge in [-0.15, -0.1) is 11.3 Å². The van der Waals surface area contributed by atoms with E-state index in [4.69, 9.17) is 26.8 Å². The van der Waals surface area contributed by atoms with Crippen molar-refractivity contribution < 1.29 is 23.9 Å². The maximum Gasteiger partial charge on any atom is 0.342 e. The van der Waals surface area contributed by atoms with Crippen molar-refractivity contribution >= 4 is 45.7 Å². The largest absolute Gasteiger partial charge is 0.488 e. The Labute approximate surface area is 187 Å². The van der Waals surface area contributed by atoms with Crippen LogP contribution in [0.15, 0.2) is 60.0 Å². The molecule has 0 unspecified atom stereocenters. The molecule has 3 N–H and O–H groups in total. The average Bonchev–Trinajstić information content (AvgIpc) is 3.22. The molecule has 0 aliphatic rings. The number of carbonyl (C=O) groups excluding carboxylic acids is 3. The van der Waals surface area contributed by atoms with Crippen molar-refractivity contribution in [1.29, 1.82) is 0 Å². The van der Waals surface area contributed by atoms with Crippen LogP contribution in [0.2, 0.25) is 5.02 Å². The van der Waals surface area contributed by atoms with Gasteiger partial charge in [0, 0.05) is 5.02 Å². The van der Waals surface area contributed by atoms with Crippen LogP contribution >= 0.6 is 22.9 Å². The number of amides is 2. The standard InChI is InChI=1S/C22H19ClN2O5S/c1-13(20(27)25-21-17(19(24)26)10-11-31-21)30-22(28)16-4-2-3-5-18(16)29-12-14-6-8-15(23)9-7-14/h2-11,13H,12H2,1H3,(H2,24,26)(H,25,27)/t13-/m1/s1. The lowest BCUT2D eigenvalue weighted by Gasteiger charge is -2.15. The molecule has 2 amide bonds. The first-order chi connectivity index (χ1) is 14.8. The third kappa shape index (κ3) is 5.84. The Kier molecular flexibility index (Phi) is 7.28. The maximum atomic E-state index is 12.6. The number of ether oxygens (including phenoxy) is 2. The van der Waals surface area contributed by atoms with E-state index in [0.717, 1.165) is 16.9 Å². The Bertz CT molecular complexity index is 1100. The van der Waals surface area contributed by atoms with Crippen LogP contribution in [-0.2, 0) is 16.1 Å². The van der Waals surface area contributed by atoms with Gasteiger partial charge in [-0.3, -0.25) is 9.59 Å².